The van der Waals surface area contributed by atoms with E-state index in [2.05, 4.69) is 15.5 Å². The molecule has 310 valence electrons. The van der Waals surface area contributed by atoms with Crippen LogP contribution in [0, 0.1) is 34.9 Å². The highest BCUT2D eigenvalue weighted by molar-refractivity contribution is 6.32. The highest BCUT2D eigenvalue weighted by atomic mass is 35.5. The molecule has 0 saturated heterocycles. The van der Waals surface area contributed by atoms with Crippen LogP contribution in [0.4, 0.5) is 42.1 Å². The molecule has 0 aliphatic carbocycles. The number of carboxylic acids is 1. The zero-order valence-electron chi connectivity index (χ0n) is 31.0. The number of carbonyl (C=O) groups excluding carboxylic acids is 1. The first kappa shape index (κ1) is 43.3. The number of benzene rings is 4. The standard InChI is InChI=1S/C19H14Cl2F3N3O2.C19H12Cl2F3N3O.CH3F/c20-14-2-1-3-15(16(14)24)25-5-4-13-17(19(28)29)26-27(18(13)21)9-10-6-11(22)8-12(23)7-10;20-14-2-1-3-15(16(14)24)26-5-4-13-17(19(26)28)25-27(18(13)21)9-10-6-11(22)8-12(23)7-10;1-2/h1-3,6-8,25H,4-5,9H2,(H,28,29);1-3,6-8H,4-5,9H2;1H3/i;;1D. The molecule has 0 radical (unpaired) electrons. The molecule has 0 atom stereocenters. The lowest BCUT2D eigenvalue weighted by molar-refractivity contribution is 0.0688. The van der Waals surface area contributed by atoms with Crippen LogP contribution in [0.1, 0.15) is 44.6 Å². The number of fused-ring (bicyclic) bond motifs is 1. The van der Waals surface area contributed by atoms with Crippen molar-refractivity contribution in [3.05, 3.63) is 162 Å². The third kappa shape index (κ3) is 10.5. The minimum Gasteiger partial charge on any atom is -0.476 e. The van der Waals surface area contributed by atoms with E-state index in [0.29, 0.717) is 17.5 Å². The first-order valence-corrected chi connectivity index (χ1v) is 18.5. The lowest BCUT2D eigenvalue weighted by Crippen LogP contribution is -2.38. The number of halogens is 11. The van der Waals surface area contributed by atoms with Crippen LogP contribution in [0.3, 0.4) is 0 Å². The number of carboxylic acid groups (broad SMARTS) is 1. The Labute approximate surface area is 352 Å². The maximum atomic E-state index is 14.3. The number of rotatable bonds is 10. The van der Waals surface area contributed by atoms with Crippen molar-refractivity contribution in [2.24, 2.45) is 0 Å². The average Bonchev–Trinajstić information content (AvgIpc) is 3.66. The summed E-state index contributed by atoms with van der Waals surface area (Å²) < 4.78 is 99.8. The van der Waals surface area contributed by atoms with Crippen LogP contribution in [0.25, 0.3) is 0 Å². The van der Waals surface area contributed by atoms with E-state index in [0.717, 1.165) is 41.1 Å². The zero-order chi connectivity index (χ0) is 43.8. The van der Waals surface area contributed by atoms with Gasteiger partial charge in [0.05, 0.1) is 43.0 Å². The smallest absolute Gasteiger partial charge is 0.356 e. The van der Waals surface area contributed by atoms with Crippen LogP contribution >= 0.6 is 46.4 Å². The summed E-state index contributed by atoms with van der Waals surface area (Å²) in [5, 5.41) is 20.5. The van der Waals surface area contributed by atoms with Crippen LogP contribution < -0.4 is 10.2 Å². The SMILES string of the molecule is O=C(O)c1nn(Cc2cc(F)cc(F)c2)c(Cl)c1CCNc1cccc(Cl)c1F.O=C1c2nn(Cc3cc(F)cc(F)c3)c(Cl)c2CCN1c1cccc(Cl)c1F.[2H]CF. The number of carbonyl (C=O) groups is 2. The molecule has 59 heavy (non-hydrogen) atoms. The highest BCUT2D eigenvalue weighted by Gasteiger charge is 2.33. The van der Waals surface area contributed by atoms with Gasteiger partial charge in [0.15, 0.2) is 23.0 Å². The lowest BCUT2D eigenvalue weighted by Gasteiger charge is -2.26. The molecule has 1 amide bonds. The highest BCUT2D eigenvalue weighted by Crippen LogP contribution is 2.33. The number of anilines is 2. The molecular formula is C39H29Cl4F7N6O3. The van der Waals surface area contributed by atoms with Crippen LogP contribution in [0.5, 0.6) is 0 Å². The molecule has 0 bridgehead atoms. The molecule has 1 aliphatic heterocycles. The van der Waals surface area contributed by atoms with E-state index in [9.17, 15) is 45.4 Å². The first-order valence-electron chi connectivity index (χ1n) is 17.7. The van der Waals surface area contributed by atoms with Gasteiger partial charge in [-0.1, -0.05) is 58.5 Å². The number of hydrogen-bond acceptors (Lipinski definition) is 5. The number of aromatic carboxylic acids is 1. The van der Waals surface area contributed by atoms with Gasteiger partial charge in [0.25, 0.3) is 5.91 Å². The monoisotopic (exact) mass is 903 g/mol. The van der Waals surface area contributed by atoms with Gasteiger partial charge in [-0.15, -0.1) is 0 Å². The van der Waals surface area contributed by atoms with Gasteiger partial charge in [0, 0.05) is 36.3 Å². The molecule has 1 aliphatic rings. The molecule has 0 spiro atoms. The van der Waals surface area contributed by atoms with Gasteiger partial charge in [-0.3, -0.25) is 9.18 Å². The Bertz CT molecular complexity index is 2500. The fourth-order valence-electron chi connectivity index (χ4n) is 6.05. The number of nitrogens with one attached hydrogen (secondary N) is 1. The summed E-state index contributed by atoms with van der Waals surface area (Å²) in [7, 11) is -1.00. The first-order chi connectivity index (χ1) is 28.5. The summed E-state index contributed by atoms with van der Waals surface area (Å²) in [4.78, 5) is 25.6. The second-order valence-electron chi connectivity index (χ2n) is 12.5. The molecular weight excluding hydrogens is 875 g/mol. The fourth-order valence-corrected chi connectivity index (χ4v) is 6.96. The van der Waals surface area contributed by atoms with Gasteiger partial charge >= 0.3 is 5.97 Å². The minimum absolute atomic E-state index is 0.0143. The number of nitrogens with zero attached hydrogens (tertiary/aromatic N) is 5. The van der Waals surface area contributed by atoms with Gasteiger partial charge in [-0.2, -0.15) is 10.2 Å². The predicted molar refractivity (Wildman–Crippen MR) is 210 cm³/mol. The van der Waals surface area contributed by atoms with Gasteiger partial charge in [0.1, 0.15) is 33.6 Å². The van der Waals surface area contributed by atoms with Crippen molar-refractivity contribution in [1.29, 1.82) is 0 Å². The van der Waals surface area contributed by atoms with Crippen LogP contribution in [-0.2, 0) is 25.9 Å². The van der Waals surface area contributed by atoms with E-state index in [1.54, 1.807) is 12.1 Å². The second kappa shape index (κ2) is 19.6. The van der Waals surface area contributed by atoms with E-state index in [-0.39, 0.29) is 86.8 Å². The van der Waals surface area contributed by atoms with Crippen molar-refractivity contribution in [1.82, 2.24) is 19.6 Å². The van der Waals surface area contributed by atoms with Gasteiger partial charge < -0.3 is 15.3 Å². The largest absolute Gasteiger partial charge is 0.476 e. The quantitative estimate of drug-likeness (QED) is 0.133. The Balaban J connectivity index is 0.000000214. The van der Waals surface area contributed by atoms with E-state index < -0.39 is 53.9 Å². The number of alkyl halides is 1. The van der Waals surface area contributed by atoms with E-state index in [1.165, 1.54) is 33.8 Å². The molecule has 2 N–H and O–H groups in total. The predicted octanol–water partition coefficient (Wildman–Crippen LogP) is 10.5. The lowest BCUT2D eigenvalue weighted by atomic mass is 10.1. The minimum atomic E-state index is -1.31. The molecule has 9 nitrogen and oxygen atoms in total. The van der Waals surface area contributed by atoms with E-state index >= 15 is 0 Å². The molecule has 20 heteroatoms. The normalized spacial score (nSPS) is 12.2. The Morgan fingerprint density at radius 3 is 1.88 bits per heavy atom. The number of amides is 1. The van der Waals surface area contributed by atoms with Crippen LogP contribution in [-0.4, -0.2) is 56.8 Å². The molecule has 2 aromatic heterocycles. The summed E-state index contributed by atoms with van der Waals surface area (Å²) >= 11 is 24.1. The van der Waals surface area contributed by atoms with Gasteiger partial charge in [0.2, 0.25) is 0 Å². The van der Waals surface area contributed by atoms with Crippen LogP contribution in [0.2, 0.25) is 20.4 Å². The summed E-state index contributed by atoms with van der Waals surface area (Å²) in [5.41, 5.74) is 1.27. The van der Waals surface area contributed by atoms with Crippen molar-refractivity contribution < 1.29 is 46.8 Å². The summed E-state index contributed by atoms with van der Waals surface area (Å²) in [5.74, 6) is -6.12. The van der Waals surface area contributed by atoms with Gasteiger partial charge in [-0.05, 0) is 72.5 Å². The zero-order valence-corrected chi connectivity index (χ0v) is 33.1. The molecule has 0 fully saturated rings. The Kier molecular flexibility index (Phi) is 14.4. The second-order valence-corrected chi connectivity index (χ2v) is 14.0. The third-order valence-corrected chi connectivity index (χ3v) is 10.0. The molecule has 7 rings (SSSR count). The molecule has 3 heterocycles. The summed E-state index contributed by atoms with van der Waals surface area (Å²) in [6.45, 7) is 0.212. The Morgan fingerprint density at radius 1 is 0.797 bits per heavy atom. The third-order valence-electron chi connectivity index (χ3n) is 8.57. The van der Waals surface area contributed by atoms with E-state index in [4.69, 9.17) is 47.8 Å². The number of aromatic nitrogens is 4. The molecule has 0 saturated carbocycles. The molecule has 0 unspecified atom stereocenters. The fraction of sp³-hybridized carbons (Fsp3) is 0.179. The van der Waals surface area contributed by atoms with Gasteiger partial charge in [-0.25, -0.2) is 40.5 Å². The molecule has 6 aromatic rings. The van der Waals surface area contributed by atoms with E-state index in [1.807, 2.05) is 0 Å². The Hall–Kier alpha value is -5.29. The maximum absolute atomic E-state index is 14.3. The number of hydrogen-bond donors (Lipinski definition) is 2. The summed E-state index contributed by atoms with van der Waals surface area (Å²) in [6, 6.07) is 14.9. The van der Waals surface area contributed by atoms with Crippen molar-refractivity contribution >= 4 is 69.7 Å². The van der Waals surface area contributed by atoms with Crippen molar-refractivity contribution in [3.8, 4) is 0 Å². The molecule has 4 aromatic carbocycles. The topological polar surface area (TPSA) is 105 Å². The van der Waals surface area contributed by atoms with Crippen molar-refractivity contribution in [3.63, 3.8) is 0 Å². The van der Waals surface area contributed by atoms with Crippen molar-refractivity contribution in [2.75, 3.05) is 30.5 Å². The maximum Gasteiger partial charge on any atom is 0.356 e. The van der Waals surface area contributed by atoms with Crippen molar-refractivity contribution in [2.45, 2.75) is 25.9 Å². The Morgan fingerprint density at radius 2 is 1.32 bits per heavy atom. The van der Waals surface area contributed by atoms with Crippen LogP contribution in [0.15, 0.2) is 72.8 Å². The summed E-state index contributed by atoms with van der Waals surface area (Å²) in [6.07, 6.45) is 0.466. The average molecular weight is 906 g/mol.